The molecule has 0 saturated carbocycles. The molecular formula is C5H13O4P. The highest BCUT2D eigenvalue weighted by atomic mass is 31.2. The average Bonchev–Trinajstić information content (AvgIpc) is 2.01. The highest BCUT2D eigenvalue weighted by molar-refractivity contribution is 7.54. The molecule has 62 valence electrons. The Morgan fingerprint density at radius 3 is 2.00 bits per heavy atom. The van der Waals surface area contributed by atoms with Crippen molar-refractivity contribution in [2.75, 3.05) is 14.2 Å². The van der Waals surface area contributed by atoms with Gasteiger partial charge in [0.2, 0.25) is 0 Å². The first-order valence-corrected chi connectivity index (χ1v) is 4.61. The van der Waals surface area contributed by atoms with Gasteiger partial charge in [-0.1, -0.05) is 6.92 Å². The van der Waals surface area contributed by atoms with Gasteiger partial charge in [-0.2, -0.15) is 0 Å². The van der Waals surface area contributed by atoms with E-state index >= 15 is 0 Å². The van der Waals surface area contributed by atoms with Crippen LogP contribution in [0.3, 0.4) is 0 Å². The maximum absolute atomic E-state index is 11.2. The summed E-state index contributed by atoms with van der Waals surface area (Å²) in [6.07, 6.45) is 0.360. The molecule has 1 N–H and O–H groups in total. The van der Waals surface area contributed by atoms with Gasteiger partial charge < -0.3 is 14.2 Å². The molecule has 0 radical (unpaired) electrons. The van der Waals surface area contributed by atoms with Crippen LogP contribution in [0.2, 0.25) is 0 Å². The number of aliphatic hydroxyl groups is 1. The lowest BCUT2D eigenvalue weighted by Gasteiger charge is -2.17. The summed E-state index contributed by atoms with van der Waals surface area (Å²) in [4.78, 5) is 0. The number of hydrogen-bond donors (Lipinski definition) is 1. The fraction of sp³-hybridized carbons (Fsp3) is 1.00. The van der Waals surface area contributed by atoms with Crippen LogP contribution in [-0.4, -0.2) is 25.2 Å². The zero-order valence-corrected chi connectivity index (χ0v) is 7.30. The summed E-state index contributed by atoms with van der Waals surface area (Å²) in [5.41, 5.74) is 0. The summed E-state index contributed by atoms with van der Waals surface area (Å²) < 4.78 is 20.2. The minimum atomic E-state index is -3.22. The predicted octanol–water partition coefficient (Wildman–Crippen LogP) is 1.20. The lowest BCUT2D eigenvalue weighted by Crippen LogP contribution is -2.08. The van der Waals surface area contributed by atoms with E-state index in [-0.39, 0.29) is 0 Å². The fourth-order valence-electron chi connectivity index (χ4n) is 0.541. The van der Waals surface area contributed by atoms with Gasteiger partial charge in [0.15, 0.2) is 5.85 Å². The Hall–Kier alpha value is 0.110. The monoisotopic (exact) mass is 168 g/mol. The van der Waals surface area contributed by atoms with Crippen LogP contribution in [-0.2, 0) is 13.6 Å². The molecule has 0 aliphatic carbocycles. The standard InChI is InChI=1S/C5H13O4P/c1-4-5(6)10(7,8-2)9-3/h5-6H,4H2,1-3H3/t5-/m1/s1. The third kappa shape index (κ3) is 2.06. The van der Waals surface area contributed by atoms with Crippen molar-refractivity contribution in [3.8, 4) is 0 Å². The molecule has 0 aliphatic heterocycles. The SMILES string of the molecule is CC[C@H](O)P(=O)(OC)OC. The molecule has 0 unspecified atom stereocenters. The van der Waals surface area contributed by atoms with Crippen LogP contribution in [0.25, 0.3) is 0 Å². The van der Waals surface area contributed by atoms with Crippen LogP contribution in [0, 0.1) is 0 Å². The quantitative estimate of drug-likeness (QED) is 0.641. The van der Waals surface area contributed by atoms with Gasteiger partial charge >= 0.3 is 7.60 Å². The van der Waals surface area contributed by atoms with Gasteiger partial charge in [-0.3, -0.25) is 4.57 Å². The van der Waals surface area contributed by atoms with E-state index in [1.807, 2.05) is 0 Å². The van der Waals surface area contributed by atoms with E-state index in [2.05, 4.69) is 9.05 Å². The molecule has 0 bridgehead atoms. The first-order chi connectivity index (χ1) is 4.60. The normalized spacial score (nSPS) is 15.2. The smallest absolute Gasteiger partial charge is 0.358 e. The van der Waals surface area contributed by atoms with E-state index in [1.54, 1.807) is 6.92 Å². The van der Waals surface area contributed by atoms with Crippen molar-refractivity contribution in [1.82, 2.24) is 0 Å². The second-order valence-electron chi connectivity index (χ2n) is 1.79. The van der Waals surface area contributed by atoms with Crippen molar-refractivity contribution >= 4 is 7.60 Å². The minimum absolute atomic E-state index is 0.360. The molecule has 0 fully saturated rings. The second-order valence-corrected chi connectivity index (χ2v) is 4.20. The molecular weight excluding hydrogens is 155 g/mol. The molecule has 0 aromatic rings. The molecule has 0 saturated heterocycles. The van der Waals surface area contributed by atoms with Crippen LogP contribution in [0.1, 0.15) is 13.3 Å². The topological polar surface area (TPSA) is 55.8 Å². The maximum atomic E-state index is 11.2. The van der Waals surface area contributed by atoms with Crippen LogP contribution >= 0.6 is 7.60 Å². The summed E-state index contributed by atoms with van der Waals surface area (Å²) in [6, 6.07) is 0. The highest BCUT2D eigenvalue weighted by Gasteiger charge is 2.30. The lowest BCUT2D eigenvalue weighted by molar-refractivity contribution is 0.171. The third-order valence-corrected chi connectivity index (χ3v) is 3.35. The molecule has 0 aromatic heterocycles. The first-order valence-electron chi connectivity index (χ1n) is 3.00. The van der Waals surface area contributed by atoms with E-state index in [9.17, 15) is 4.57 Å². The average molecular weight is 168 g/mol. The van der Waals surface area contributed by atoms with Gasteiger partial charge in [0.25, 0.3) is 0 Å². The summed E-state index contributed by atoms with van der Waals surface area (Å²) >= 11 is 0. The Morgan fingerprint density at radius 2 is 1.90 bits per heavy atom. The lowest BCUT2D eigenvalue weighted by atomic mass is 10.5. The zero-order valence-electron chi connectivity index (χ0n) is 6.40. The molecule has 0 amide bonds. The Balaban J connectivity index is 4.18. The second kappa shape index (κ2) is 4.09. The summed E-state index contributed by atoms with van der Waals surface area (Å²) in [5, 5.41) is 9.06. The largest absolute Gasteiger partial charge is 0.380 e. The summed E-state index contributed by atoms with van der Waals surface area (Å²) in [5.74, 6) is -1.01. The third-order valence-electron chi connectivity index (χ3n) is 1.24. The van der Waals surface area contributed by atoms with Gasteiger partial charge in [-0.05, 0) is 6.42 Å². The summed E-state index contributed by atoms with van der Waals surface area (Å²) in [7, 11) is -0.710. The van der Waals surface area contributed by atoms with Crippen molar-refractivity contribution in [2.45, 2.75) is 19.2 Å². The molecule has 5 heteroatoms. The maximum Gasteiger partial charge on any atom is 0.358 e. The van der Waals surface area contributed by atoms with E-state index < -0.39 is 13.4 Å². The molecule has 0 aliphatic rings. The van der Waals surface area contributed by atoms with E-state index in [0.717, 1.165) is 0 Å². The van der Waals surface area contributed by atoms with Crippen molar-refractivity contribution in [3.05, 3.63) is 0 Å². The van der Waals surface area contributed by atoms with E-state index in [1.165, 1.54) is 14.2 Å². The minimum Gasteiger partial charge on any atom is -0.380 e. The molecule has 0 aromatic carbocycles. The van der Waals surface area contributed by atoms with Crippen LogP contribution in [0.15, 0.2) is 0 Å². The van der Waals surface area contributed by atoms with E-state index in [0.29, 0.717) is 6.42 Å². The molecule has 4 nitrogen and oxygen atoms in total. The number of hydrogen-bond acceptors (Lipinski definition) is 4. The van der Waals surface area contributed by atoms with Crippen LogP contribution in [0.5, 0.6) is 0 Å². The molecule has 10 heavy (non-hydrogen) atoms. The van der Waals surface area contributed by atoms with Crippen molar-refractivity contribution in [1.29, 1.82) is 0 Å². The molecule has 0 heterocycles. The molecule has 1 atom stereocenters. The Bertz CT molecular complexity index is 128. The Labute approximate surface area is 60.7 Å². The van der Waals surface area contributed by atoms with Crippen molar-refractivity contribution in [2.24, 2.45) is 0 Å². The molecule has 0 spiro atoms. The van der Waals surface area contributed by atoms with Crippen LogP contribution < -0.4 is 0 Å². The number of rotatable bonds is 4. The predicted molar refractivity (Wildman–Crippen MR) is 37.9 cm³/mol. The number of aliphatic hydroxyl groups excluding tert-OH is 1. The highest BCUT2D eigenvalue weighted by Crippen LogP contribution is 2.51. The first kappa shape index (κ1) is 10.1. The van der Waals surface area contributed by atoms with Crippen molar-refractivity contribution in [3.63, 3.8) is 0 Å². The van der Waals surface area contributed by atoms with E-state index in [4.69, 9.17) is 5.11 Å². The Morgan fingerprint density at radius 1 is 1.50 bits per heavy atom. The molecule has 0 rings (SSSR count). The van der Waals surface area contributed by atoms with Gasteiger partial charge in [0, 0.05) is 14.2 Å². The van der Waals surface area contributed by atoms with Crippen molar-refractivity contribution < 1.29 is 18.7 Å². The van der Waals surface area contributed by atoms with Crippen LogP contribution in [0.4, 0.5) is 0 Å². The summed E-state index contributed by atoms with van der Waals surface area (Å²) in [6.45, 7) is 1.70. The zero-order chi connectivity index (χ0) is 8.20. The van der Waals surface area contributed by atoms with Gasteiger partial charge in [0.1, 0.15) is 0 Å². The van der Waals surface area contributed by atoms with Gasteiger partial charge in [0.05, 0.1) is 0 Å². The fourth-order valence-corrected chi connectivity index (χ4v) is 1.62. The Kier molecular flexibility index (Phi) is 4.13. The van der Waals surface area contributed by atoms with Gasteiger partial charge in [-0.25, -0.2) is 0 Å². The van der Waals surface area contributed by atoms with Gasteiger partial charge in [-0.15, -0.1) is 0 Å².